The summed E-state index contributed by atoms with van der Waals surface area (Å²) in [5.41, 5.74) is 2.85. The van der Waals surface area contributed by atoms with Crippen LogP contribution in [0.1, 0.15) is 23.7 Å². The number of hydrogen-bond donors (Lipinski definition) is 0. The van der Waals surface area contributed by atoms with Crippen molar-refractivity contribution in [2.24, 2.45) is 5.92 Å². The molecule has 1 aliphatic heterocycles. The van der Waals surface area contributed by atoms with E-state index in [-0.39, 0.29) is 5.91 Å². The van der Waals surface area contributed by atoms with Crippen LogP contribution in [0.25, 0.3) is 16.9 Å². The van der Waals surface area contributed by atoms with Gasteiger partial charge in [-0.25, -0.2) is 4.68 Å². The topological polar surface area (TPSA) is 65.8 Å². The molecule has 168 valence electrons. The Morgan fingerprint density at radius 3 is 2.59 bits per heavy atom. The van der Waals surface area contributed by atoms with Gasteiger partial charge < -0.3 is 19.1 Å². The second kappa shape index (κ2) is 9.87. The van der Waals surface area contributed by atoms with E-state index in [1.54, 1.807) is 18.9 Å². The number of amides is 1. The maximum absolute atomic E-state index is 13.7. The molecule has 0 spiro atoms. The van der Waals surface area contributed by atoms with E-state index in [1.807, 2.05) is 66.6 Å². The van der Waals surface area contributed by atoms with E-state index < -0.39 is 0 Å². The van der Waals surface area contributed by atoms with Crippen molar-refractivity contribution >= 4 is 5.91 Å². The van der Waals surface area contributed by atoms with Gasteiger partial charge in [0.05, 0.1) is 32.1 Å². The van der Waals surface area contributed by atoms with Gasteiger partial charge in [-0.1, -0.05) is 18.2 Å². The van der Waals surface area contributed by atoms with Crippen LogP contribution in [0.5, 0.6) is 11.5 Å². The summed E-state index contributed by atoms with van der Waals surface area (Å²) in [5.74, 6) is 1.55. The van der Waals surface area contributed by atoms with Crippen molar-refractivity contribution in [3.63, 3.8) is 0 Å². The van der Waals surface area contributed by atoms with Gasteiger partial charge in [0.2, 0.25) is 0 Å². The second-order valence-corrected chi connectivity index (χ2v) is 7.81. The highest BCUT2D eigenvalue weighted by atomic mass is 16.5. The van der Waals surface area contributed by atoms with E-state index >= 15 is 0 Å². The van der Waals surface area contributed by atoms with Gasteiger partial charge in [-0.05, 0) is 43.7 Å². The summed E-state index contributed by atoms with van der Waals surface area (Å²) in [6, 6.07) is 15.4. The molecule has 1 unspecified atom stereocenters. The number of methoxy groups -OCH3 is 2. The van der Waals surface area contributed by atoms with E-state index in [0.717, 1.165) is 24.3 Å². The molecule has 0 bridgehead atoms. The first-order valence-electron chi connectivity index (χ1n) is 10.9. The third-order valence-electron chi connectivity index (χ3n) is 5.79. The highest BCUT2D eigenvalue weighted by Gasteiger charge is 2.26. The Kier molecular flexibility index (Phi) is 6.75. The third-order valence-corrected chi connectivity index (χ3v) is 5.79. The Balaban J connectivity index is 1.76. The lowest BCUT2D eigenvalue weighted by Gasteiger charge is -2.23. The average molecular weight is 436 g/mol. The number of carbonyl (C=O) groups excluding carboxylic acids is 1. The minimum Gasteiger partial charge on any atom is -0.493 e. The van der Waals surface area contributed by atoms with Crippen LogP contribution in [-0.2, 0) is 4.74 Å². The Morgan fingerprint density at radius 2 is 1.94 bits per heavy atom. The minimum absolute atomic E-state index is 0.0358. The number of nitrogens with zero attached hydrogens (tertiary/aromatic N) is 3. The molecule has 7 heteroatoms. The molecule has 0 saturated carbocycles. The van der Waals surface area contributed by atoms with Gasteiger partial charge in [0.25, 0.3) is 5.91 Å². The molecule has 1 aliphatic rings. The smallest absolute Gasteiger partial charge is 0.257 e. The van der Waals surface area contributed by atoms with Crippen LogP contribution in [0.3, 0.4) is 0 Å². The minimum atomic E-state index is -0.0358. The molecule has 32 heavy (non-hydrogen) atoms. The van der Waals surface area contributed by atoms with E-state index in [1.165, 1.54) is 0 Å². The number of rotatable bonds is 8. The maximum atomic E-state index is 13.7. The molecule has 0 aliphatic carbocycles. The van der Waals surface area contributed by atoms with Crippen LogP contribution >= 0.6 is 0 Å². The Morgan fingerprint density at radius 1 is 1.16 bits per heavy atom. The molecule has 1 aromatic heterocycles. The second-order valence-electron chi connectivity index (χ2n) is 7.81. The van der Waals surface area contributed by atoms with Crippen molar-refractivity contribution in [2.45, 2.75) is 13.3 Å². The summed E-state index contributed by atoms with van der Waals surface area (Å²) in [6.45, 7) is 4.77. The molecule has 0 N–H and O–H groups in total. The molecule has 1 fully saturated rings. The number of benzene rings is 2. The van der Waals surface area contributed by atoms with Crippen LogP contribution in [0.4, 0.5) is 0 Å². The Hall–Kier alpha value is -3.32. The number of ether oxygens (including phenoxy) is 3. The lowest BCUT2D eigenvalue weighted by molar-refractivity contribution is 0.0731. The quantitative estimate of drug-likeness (QED) is 0.534. The van der Waals surface area contributed by atoms with E-state index in [2.05, 4.69) is 0 Å². The fraction of sp³-hybridized carbons (Fsp3) is 0.360. The molecule has 0 radical (unpaired) electrons. The maximum Gasteiger partial charge on any atom is 0.257 e. The van der Waals surface area contributed by atoms with Gasteiger partial charge in [-0.15, -0.1) is 0 Å². The van der Waals surface area contributed by atoms with E-state index in [0.29, 0.717) is 48.4 Å². The van der Waals surface area contributed by atoms with Crippen molar-refractivity contribution in [1.29, 1.82) is 0 Å². The van der Waals surface area contributed by atoms with Crippen LogP contribution in [0.2, 0.25) is 0 Å². The zero-order chi connectivity index (χ0) is 22.5. The fourth-order valence-electron chi connectivity index (χ4n) is 4.01. The van der Waals surface area contributed by atoms with Gasteiger partial charge >= 0.3 is 0 Å². The summed E-state index contributed by atoms with van der Waals surface area (Å²) < 4.78 is 18.1. The number of para-hydroxylation sites is 1. The Labute approximate surface area is 188 Å². The third kappa shape index (κ3) is 4.48. The highest BCUT2D eigenvalue weighted by Crippen LogP contribution is 2.34. The van der Waals surface area contributed by atoms with Gasteiger partial charge in [-0.3, -0.25) is 4.79 Å². The monoisotopic (exact) mass is 435 g/mol. The summed E-state index contributed by atoms with van der Waals surface area (Å²) in [7, 11) is 3.20. The molecular formula is C25H29N3O4. The predicted molar refractivity (Wildman–Crippen MR) is 123 cm³/mol. The summed E-state index contributed by atoms with van der Waals surface area (Å²) in [5, 5.41) is 4.80. The van der Waals surface area contributed by atoms with E-state index in [4.69, 9.17) is 19.3 Å². The lowest BCUT2D eigenvalue weighted by Crippen LogP contribution is -2.35. The van der Waals surface area contributed by atoms with Crippen molar-refractivity contribution < 1.29 is 19.0 Å². The molecule has 2 aromatic carbocycles. The molecule has 1 amide bonds. The normalized spacial score (nSPS) is 15.5. The van der Waals surface area contributed by atoms with E-state index in [9.17, 15) is 4.79 Å². The van der Waals surface area contributed by atoms with Crippen molar-refractivity contribution in [1.82, 2.24) is 14.7 Å². The lowest BCUT2D eigenvalue weighted by atomic mass is 10.0. The summed E-state index contributed by atoms with van der Waals surface area (Å²) in [6.07, 6.45) is 2.80. The Bertz CT molecular complexity index is 1060. The van der Waals surface area contributed by atoms with Crippen LogP contribution < -0.4 is 9.47 Å². The van der Waals surface area contributed by atoms with Gasteiger partial charge in [-0.2, -0.15) is 5.10 Å². The van der Waals surface area contributed by atoms with Crippen molar-refractivity contribution in [2.75, 3.05) is 40.5 Å². The first-order valence-corrected chi connectivity index (χ1v) is 10.9. The van der Waals surface area contributed by atoms with Crippen LogP contribution in [0, 0.1) is 5.92 Å². The molecule has 1 atom stereocenters. The number of hydrogen-bond acceptors (Lipinski definition) is 5. The largest absolute Gasteiger partial charge is 0.493 e. The average Bonchev–Trinajstić information content (AvgIpc) is 3.52. The van der Waals surface area contributed by atoms with Gasteiger partial charge in [0, 0.05) is 37.4 Å². The molecule has 3 aromatic rings. The molecular weight excluding hydrogens is 406 g/mol. The zero-order valence-electron chi connectivity index (χ0n) is 18.8. The predicted octanol–water partition coefficient (Wildman–Crippen LogP) is 4.06. The molecule has 2 heterocycles. The zero-order valence-corrected chi connectivity index (χ0v) is 18.8. The highest BCUT2D eigenvalue weighted by molar-refractivity contribution is 6.00. The SMILES string of the molecule is CCN(CC1CCOC1)C(=O)c1cn(-c2ccccc2)nc1-c1ccc(OC)c(OC)c1. The van der Waals surface area contributed by atoms with Crippen LogP contribution in [0.15, 0.2) is 54.7 Å². The molecule has 7 nitrogen and oxygen atoms in total. The molecule has 4 rings (SSSR count). The van der Waals surface area contributed by atoms with Gasteiger partial charge in [0.1, 0.15) is 5.69 Å². The number of carbonyl (C=O) groups is 1. The first-order chi connectivity index (χ1) is 15.6. The standard InChI is InChI=1S/C25H29N3O4/c1-4-27(15-18-12-13-32-17-18)25(29)21-16-28(20-8-6-5-7-9-20)26-24(21)19-10-11-22(30-2)23(14-19)31-3/h5-11,14,16,18H,4,12-13,15,17H2,1-3H3. The first kappa shape index (κ1) is 21.9. The number of aromatic nitrogens is 2. The summed E-state index contributed by atoms with van der Waals surface area (Å²) >= 11 is 0. The van der Waals surface area contributed by atoms with Crippen molar-refractivity contribution in [3.05, 3.63) is 60.3 Å². The summed E-state index contributed by atoms with van der Waals surface area (Å²) in [4.78, 5) is 15.5. The van der Waals surface area contributed by atoms with Gasteiger partial charge in [0.15, 0.2) is 11.5 Å². The van der Waals surface area contributed by atoms with Crippen LogP contribution in [-0.4, -0.2) is 61.1 Å². The van der Waals surface area contributed by atoms with Crippen molar-refractivity contribution in [3.8, 4) is 28.4 Å². The molecule has 1 saturated heterocycles. The fourth-order valence-corrected chi connectivity index (χ4v) is 4.01.